The molecular formula is C15H23NO2S. The maximum Gasteiger partial charge on any atom is 0.235 e. The van der Waals surface area contributed by atoms with Crippen LogP contribution < -0.4 is 0 Å². The summed E-state index contributed by atoms with van der Waals surface area (Å²) in [5.74, 6) is 2.00. The molecule has 3 unspecified atom stereocenters. The number of hydrogen-bond acceptors (Lipinski definition) is 3. The molecule has 2 aliphatic heterocycles. The van der Waals surface area contributed by atoms with E-state index >= 15 is 0 Å². The van der Waals surface area contributed by atoms with Crippen molar-refractivity contribution in [2.45, 2.75) is 62.7 Å². The molecule has 1 aliphatic carbocycles. The molecule has 19 heavy (non-hydrogen) atoms. The number of ketones is 1. The second-order valence-corrected chi connectivity index (χ2v) is 7.37. The van der Waals surface area contributed by atoms with E-state index in [2.05, 4.69) is 4.90 Å². The standard InChI is InChI=1S/C15H23NO2S/c17-13-7-3-5-11(13)12-6-1-2-9-16(12)15(18)14-8-4-10-19-14/h11-12,14H,1-10H2. The van der Waals surface area contributed by atoms with Crippen molar-refractivity contribution in [1.29, 1.82) is 0 Å². The second kappa shape index (κ2) is 5.86. The Morgan fingerprint density at radius 2 is 2.00 bits per heavy atom. The van der Waals surface area contributed by atoms with Crippen LogP contribution in [0.25, 0.3) is 0 Å². The largest absolute Gasteiger partial charge is 0.338 e. The molecule has 1 amide bonds. The quantitative estimate of drug-likeness (QED) is 0.781. The van der Waals surface area contributed by atoms with Crippen molar-refractivity contribution in [3.63, 3.8) is 0 Å². The van der Waals surface area contributed by atoms with Crippen LogP contribution in [0.5, 0.6) is 0 Å². The van der Waals surface area contributed by atoms with Crippen LogP contribution in [0, 0.1) is 5.92 Å². The molecule has 0 spiro atoms. The van der Waals surface area contributed by atoms with E-state index in [9.17, 15) is 9.59 Å². The Labute approximate surface area is 119 Å². The summed E-state index contributed by atoms with van der Waals surface area (Å²) in [4.78, 5) is 26.8. The van der Waals surface area contributed by atoms with E-state index in [1.54, 1.807) is 0 Å². The third-order valence-electron chi connectivity index (χ3n) is 4.85. The molecule has 0 bridgehead atoms. The van der Waals surface area contributed by atoms with E-state index < -0.39 is 0 Å². The number of Topliss-reactive ketones (excluding diaryl/α,β-unsaturated/α-hetero) is 1. The summed E-state index contributed by atoms with van der Waals surface area (Å²) < 4.78 is 0. The van der Waals surface area contributed by atoms with E-state index in [1.807, 2.05) is 11.8 Å². The molecule has 3 nitrogen and oxygen atoms in total. The van der Waals surface area contributed by atoms with Gasteiger partial charge in [-0.2, -0.15) is 0 Å². The normalized spacial score (nSPS) is 35.9. The number of likely N-dealkylation sites (tertiary alicyclic amines) is 1. The van der Waals surface area contributed by atoms with E-state index in [0.29, 0.717) is 11.7 Å². The minimum Gasteiger partial charge on any atom is -0.338 e. The molecule has 0 aromatic rings. The molecule has 106 valence electrons. The average Bonchev–Trinajstić information content (AvgIpc) is 3.09. The zero-order valence-corrected chi connectivity index (χ0v) is 12.3. The highest BCUT2D eigenvalue weighted by molar-refractivity contribution is 8.00. The predicted molar refractivity (Wildman–Crippen MR) is 77.2 cm³/mol. The van der Waals surface area contributed by atoms with Crippen LogP contribution in [0.3, 0.4) is 0 Å². The van der Waals surface area contributed by atoms with Crippen molar-refractivity contribution >= 4 is 23.5 Å². The molecule has 0 radical (unpaired) electrons. The van der Waals surface area contributed by atoms with Crippen LogP contribution in [0.15, 0.2) is 0 Å². The number of thioether (sulfide) groups is 1. The van der Waals surface area contributed by atoms with Gasteiger partial charge in [0.2, 0.25) is 5.91 Å². The van der Waals surface area contributed by atoms with Gasteiger partial charge in [-0.3, -0.25) is 9.59 Å². The lowest BCUT2D eigenvalue weighted by atomic mass is 9.88. The van der Waals surface area contributed by atoms with Crippen molar-refractivity contribution < 1.29 is 9.59 Å². The Kier molecular flexibility index (Phi) is 4.15. The Bertz CT molecular complexity index is 365. The number of carbonyl (C=O) groups is 2. The fraction of sp³-hybridized carbons (Fsp3) is 0.867. The maximum atomic E-state index is 12.7. The summed E-state index contributed by atoms with van der Waals surface area (Å²) in [5, 5.41) is 0.178. The third-order valence-corrected chi connectivity index (χ3v) is 6.22. The molecule has 3 rings (SSSR count). The molecule has 0 aromatic carbocycles. The molecule has 3 atom stereocenters. The van der Waals surface area contributed by atoms with Crippen LogP contribution >= 0.6 is 11.8 Å². The monoisotopic (exact) mass is 281 g/mol. The van der Waals surface area contributed by atoms with Crippen molar-refractivity contribution in [3.05, 3.63) is 0 Å². The fourth-order valence-electron chi connectivity index (χ4n) is 3.86. The van der Waals surface area contributed by atoms with Crippen LogP contribution in [-0.4, -0.2) is 40.2 Å². The Hall–Kier alpha value is -0.510. The molecule has 0 N–H and O–H groups in total. The van der Waals surface area contributed by atoms with Crippen molar-refractivity contribution in [3.8, 4) is 0 Å². The van der Waals surface area contributed by atoms with Gasteiger partial charge < -0.3 is 4.90 Å². The summed E-state index contributed by atoms with van der Waals surface area (Å²) in [6.07, 6.45) is 8.30. The number of hydrogen-bond donors (Lipinski definition) is 0. The molecule has 3 fully saturated rings. The summed E-state index contributed by atoms with van der Waals surface area (Å²) in [5.41, 5.74) is 0. The van der Waals surface area contributed by atoms with Gasteiger partial charge in [-0.1, -0.05) is 0 Å². The van der Waals surface area contributed by atoms with Gasteiger partial charge in [-0.25, -0.2) is 0 Å². The highest BCUT2D eigenvalue weighted by Crippen LogP contribution is 2.35. The topological polar surface area (TPSA) is 37.4 Å². The lowest BCUT2D eigenvalue weighted by molar-refractivity contribution is -0.137. The molecule has 3 aliphatic rings. The van der Waals surface area contributed by atoms with E-state index in [1.165, 1.54) is 12.8 Å². The zero-order chi connectivity index (χ0) is 13.2. The first-order chi connectivity index (χ1) is 9.27. The van der Waals surface area contributed by atoms with Gasteiger partial charge in [-0.15, -0.1) is 11.8 Å². The average molecular weight is 281 g/mol. The van der Waals surface area contributed by atoms with Crippen molar-refractivity contribution in [1.82, 2.24) is 4.90 Å². The zero-order valence-electron chi connectivity index (χ0n) is 11.5. The highest BCUT2D eigenvalue weighted by Gasteiger charge is 2.40. The van der Waals surface area contributed by atoms with Gasteiger partial charge >= 0.3 is 0 Å². The lowest BCUT2D eigenvalue weighted by Gasteiger charge is -2.40. The Balaban J connectivity index is 1.72. The van der Waals surface area contributed by atoms with Gasteiger partial charge in [0, 0.05) is 24.9 Å². The number of piperidine rings is 1. The second-order valence-electron chi connectivity index (χ2n) is 6.06. The van der Waals surface area contributed by atoms with Gasteiger partial charge in [0.1, 0.15) is 5.78 Å². The molecule has 0 aromatic heterocycles. The number of nitrogens with zero attached hydrogens (tertiary/aromatic N) is 1. The summed E-state index contributed by atoms with van der Waals surface area (Å²) in [6, 6.07) is 0.220. The van der Waals surface area contributed by atoms with E-state index in [4.69, 9.17) is 0 Å². The van der Waals surface area contributed by atoms with Gasteiger partial charge in [0.25, 0.3) is 0 Å². The summed E-state index contributed by atoms with van der Waals surface area (Å²) >= 11 is 1.81. The molecule has 2 saturated heterocycles. The summed E-state index contributed by atoms with van der Waals surface area (Å²) in [6.45, 7) is 0.879. The molecule has 2 heterocycles. The number of amides is 1. The van der Waals surface area contributed by atoms with Gasteiger partial charge in [0.15, 0.2) is 0 Å². The first-order valence-corrected chi connectivity index (χ1v) is 8.77. The number of carbonyl (C=O) groups excluding carboxylic acids is 2. The third kappa shape index (κ3) is 2.69. The Morgan fingerprint density at radius 1 is 1.11 bits per heavy atom. The summed E-state index contributed by atoms with van der Waals surface area (Å²) in [7, 11) is 0. The Morgan fingerprint density at radius 3 is 2.68 bits per heavy atom. The fourth-order valence-corrected chi connectivity index (χ4v) is 5.09. The van der Waals surface area contributed by atoms with Crippen molar-refractivity contribution in [2.75, 3.05) is 12.3 Å². The first kappa shape index (κ1) is 13.5. The first-order valence-electron chi connectivity index (χ1n) is 7.72. The molecule has 1 saturated carbocycles. The highest BCUT2D eigenvalue weighted by atomic mass is 32.2. The predicted octanol–water partition coefficient (Wildman–Crippen LogP) is 2.63. The van der Waals surface area contributed by atoms with Gasteiger partial charge in [0.05, 0.1) is 5.25 Å². The van der Waals surface area contributed by atoms with Gasteiger partial charge in [-0.05, 0) is 50.7 Å². The minimum absolute atomic E-state index is 0.149. The van der Waals surface area contributed by atoms with Crippen LogP contribution in [-0.2, 0) is 9.59 Å². The van der Waals surface area contributed by atoms with Crippen molar-refractivity contribution in [2.24, 2.45) is 5.92 Å². The minimum atomic E-state index is 0.149. The molecule has 4 heteroatoms. The van der Waals surface area contributed by atoms with Crippen LogP contribution in [0.1, 0.15) is 51.4 Å². The van der Waals surface area contributed by atoms with Crippen LogP contribution in [0.4, 0.5) is 0 Å². The maximum absolute atomic E-state index is 12.7. The van der Waals surface area contributed by atoms with E-state index in [0.717, 1.165) is 50.8 Å². The SMILES string of the molecule is O=C1CCCC1C1CCCCN1C(=O)C1CCCS1. The smallest absolute Gasteiger partial charge is 0.235 e. The van der Waals surface area contributed by atoms with Crippen LogP contribution in [0.2, 0.25) is 0 Å². The van der Waals surface area contributed by atoms with E-state index in [-0.39, 0.29) is 17.2 Å². The lowest BCUT2D eigenvalue weighted by Crippen LogP contribution is -2.51. The number of rotatable bonds is 2. The molecular weight excluding hydrogens is 258 g/mol.